The lowest BCUT2D eigenvalue weighted by Crippen LogP contribution is -2.06. The molecule has 0 saturated heterocycles. The van der Waals surface area contributed by atoms with Crippen molar-refractivity contribution >= 4 is 17.9 Å². The topological polar surface area (TPSA) is 66.3 Å². The summed E-state index contributed by atoms with van der Waals surface area (Å²) in [6, 6.07) is 12.7. The Hall–Kier alpha value is -3.28. The molecule has 0 aromatic heterocycles. The van der Waals surface area contributed by atoms with Crippen molar-refractivity contribution in [3.05, 3.63) is 59.3 Å². The second-order valence-electron chi connectivity index (χ2n) is 6.15. The van der Waals surface area contributed by atoms with Gasteiger partial charge in [-0.25, -0.2) is 9.79 Å². The molecule has 0 radical (unpaired) electrons. The molecule has 0 spiro atoms. The molecule has 0 saturated carbocycles. The Morgan fingerprint density at radius 2 is 1.82 bits per heavy atom. The van der Waals surface area contributed by atoms with E-state index in [2.05, 4.69) is 11.9 Å². The van der Waals surface area contributed by atoms with Gasteiger partial charge in [0.25, 0.3) is 0 Å². The summed E-state index contributed by atoms with van der Waals surface area (Å²) in [5.41, 5.74) is 1.61. The van der Waals surface area contributed by atoms with E-state index in [1.807, 2.05) is 24.3 Å². The third kappa shape index (κ3) is 4.34. The van der Waals surface area contributed by atoms with Crippen LogP contribution >= 0.6 is 0 Å². The van der Waals surface area contributed by atoms with Crippen molar-refractivity contribution < 1.29 is 23.7 Å². The summed E-state index contributed by atoms with van der Waals surface area (Å²) in [6.45, 7) is 2.70. The first-order chi connectivity index (χ1) is 13.7. The third-order valence-electron chi connectivity index (χ3n) is 4.20. The Balaban J connectivity index is 1.89. The maximum absolute atomic E-state index is 12.3. The van der Waals surface area contributed by atoms with Gasteiger partial charge in [-0.05, 0) is 42.3 Å². The summed E-state index contributed by atoms with van der Waals surface area (Å²) >= 11 is 0. The van der Waals surface area contributed by atoms with Crippen LogP contribution in [0, 0.1) is 0 Å². The average molecular weight is 381 g/mol. The summed E-state index contributed by atoms with van der Waals surface area (Å²) < 4.78 is 21.8. The third-order valence-corrected chi connectivity index (χ3v) is 4.20. The van der Waals surface area contributed by atoms with Gasteiger partial charge in [-0.2, -0.15) is 0 Å². The van der Waals surface area contributed by atoms with Gasteiger partial charge in [0.2, 0.25) is 5.90 Å². The van der Waals surface area contributed by atoms with E-state index < -0.39 is 5.97 Å². The van der Waals surface area contributed by atoms with Crippen molar-refractivity contribution in [2.45, 2.75) is 19.8 Å². The minimum Gasteiger partial charge on any atom is -0.496 e. The molecule has 1 aliphatic heterocycles. The predicted molar refractivity (Wildman–Crippen MR) is 107 cm³/mol. The van der Waals surface area contributed by atoms with E-state index in [0.29, 0.717) is 29.4 Å². The first-order valence-corrected chi connectivity index (χ1v) is 9.13. The molecule has 0 unspecified atom stereocenters. The maximum Gasteiger partial charge on any atom is 0.363 e. The van der Waals surface area contributed by atoms with Crippen LogP contribution in [0.3, 0.4) is 0 Å². The molecule has 0 fully saturated rings. The van der Waals surface area contributed by atoms with Crippen LogP contribution < -0.4 is 14.2 Å². The fourth-order valence-corrected chi connectivity index (χ4v) is 2.73. The SMILES string of the molecule is CCCCOc1cc(/C=C2\N=C(c3ccccc3OC)OC2=O)ccc1OC. The maximum atomic E-state index is 12.3. The van der Waals surface area contributed by atoms with Gasteiger partial charge in [-0.3, -0.25) is 0 Å². The molecule has 0 aliphatic carbocycles. The second kappa shape index (κ2) is 9.08. The molecule has 6 heteroatoms. The Bertz CT molecular complexity index is 917. The summed E-state index contributed by atoms with van der Waals surface area (Å²) in [7, 11) is 3.16. The van der Waals surface area contributed by atoms with Crippen LogP contribution in [0.25, 0.3) is 6.08 Å². The number of rotatable bonds is 8. The number of nitrogens with zero attached hydrogens (tertiary/aromatic N) is 1. The van der Waals surface area contributed by atoms with E-state index in [1.54, 1.807) is 38.5 Å². The highest BCUT2D eigenvalue weighted by atomic mass is 16.6. The summed E-state index contributed by atoms with van der Waals surface area (Å²) in [5, 5.41) is 0. The van der Waals surface area contributed by atoms with Gasteiger partial charge >= 0.3 is 5.97 Å². The van der Waals surface area contributed by atoms with Crippen molar-refractivity contribution in [1.29, 1.82) is 0 Å². The van der Waals surface area contributed by atoms with E-state index in [-0.39, 0.29) is 11.6 Å². The molecule has 0 bridgehead atoms. The minimum absolute atomic E-state index is 0.214. The van der Waals surface area contributed by atoms with Crippen molar-refractivity contribution in [3.8, 4) is 17.2 Å². The normalized spacial score (nSPS) is 14.6. The number of esters is 1. The molecule has 2 aromatic carbocycles. The fourth-order valence-electron chi connectivity index (χ4n) is 2.73. The van der Waals surface area contributed by atoms with Gasteiger partial charge in [0.15, 0.2) is 17.2 Å². The molecular formula is C22H23NO5. The first-order valence-electron chi connectivity index (χ1n) is 9.13. The number of cyclic esters (lactones) is 1. The van der Waals surface area contributed by atoms with Gasteiger partial charge in [0.05, 0.1) is 26.4 Å². The van der Waals surface area contributed by atoms with E-state index in [1.165, 1.54) is 0 Å². The standard InChI is InChI=1S/C22H23NO5/c1-4-5-12-27-20-14-15(10-11-19(20)26-3)13-17-22(24)28-21(23-17)16-8-6-7-9-18(16)25-2/h6-11,13-14H,4-5,12H2,1-3H3/b17-13-. The Labute approximate surface area is 164 Å². The molecule has 3 rings (SSSR count). The van der Waals surface area contributed by atoms with Crippen molar-refractivity contribution in [3.63, 3.8) is 0 Å². The number of aliphatic imine (C=N–C) groups is 1. The second-order valence-corrected chi connectivity index (χ2v) is 6.15. The molecule has 0 amide bonds. The molecule has 1 heterocycles. The van der Waals surface area contributed by atoms with Crippen LogP contribution in [-0.2, 0) is 9.53 Å². The quantitative estimate of drug-likeness (QED) is 0.389. The molecule has 6 nitrogen and oxygen atoms in total. The van der Waals surface area contributed by atoms with Crippen molar-refractivity contribution in [2.24, 2.45) is 4.99 Å². The van der Waals surface area contributed by atoms with Gasteiger partial charge in [-0.1, -0.05) is 31.5 Å². The fraction of sp³-hybridized carbons (Fsp3) is 0.273. The summed E-state index contributed by atoms with van der Waals surface area (Å²) in [5.74, 6) is 1.58. The number of unbranched alkanes of at least 4 members (excludes halogenated alkanes) is 1. The van der Waals surface area contributed by atoms with Crippen molar-refractivity contribution in [1.82, 2.24) is 0 Å². The molecule has 28 heavy (non-hydrogen) atoms. The highest BCUT2D eigenvalue weighted by Gasteiger charge is 2.26. The van der Waals surface area contributed by atoms with Crippen LogP contribution in [0.2, 0.25) is 0 Å². The van der Waals surface area contributed by atoms with E-state index in [4.69, 9.17) is 18.9 Å². The van der Waals surface area contributed by atoms with Crippen molar-refractivity contribution in [2.75, 3.05) is 20.8 Å². The Morgan fingerprint density at radius 3 is 2.57 bits per heavy atom. The number of carbonyl (C=O) groups excluding carboxylic acids is 1. The zero-order valence-corrected chi connectivity index (χ0v) is 16.2. The largest absolute Gasteiger partial charge is 0.496 e. The zero-order valence-electron chi connectivity index (χ0n) is 16.2. The van der Waals surface area contributed by atoms with Crippen LogP contribution in [-0.4, -0.2) is 32.7 Å². The number of carbonyl (C=O) groups is 1. The number of hydrogen-bond acceptors (Lipinski definition) is 6. The van der Waals surface area contributed by atoms with E-state index in [0.717, 1.165) is 18.4 Å². The van der Waals surface area contributed by atoms with Gasteiger partial charge in [0.1, 0.15) is 5.75 Å². The average Bonchev–Trinajstić information content (AvgIpc) is 3.08. The lowest BCUT2D eigenvalue weighted by molar-refractivity contribution is -0.129. The number of benzene rings is 2. The van der Waals surface area contributed by atoms with Crippen LogP contribution in [0.1, 0.15) is 30.9 Å². The van der Waals surface area contributed by atoms with Crippen LogP contribution in [0.15, 0.2) is 53.2 Å². The minimum atomic E-state index is -0.509. The van der Waals surface area contributed by atoms with E-state index >= 15 is 0 Å². The first kappa shape index (κ1) is 19.5. The Kier molecular flexibility index (Phi) is 6.32. The lowest BCUT2D eigenvalue weighted by Gasteiger charge is -2.11. The molecule has 2 aromatic rings. The number of ether oxygens (including phenoxy) is 4. The Morgan fingerprint density at radius 1 is 1.04 bits per heavy atom. The smallest absolute Gasteiger partial charge is 0.363 e. The number of para-hydroxylation sites is 1. The number of hydrogen-bond donors (Lipinski definition) is 0. The summed E-state index contributed by atoms with van der Waals surface area (Å²) in [4.78, 5) is 16.6. The molecule has 146 valence electrons. The molecule has 0 atom stereocenters. The molecular weight excluding hydrogens is 358 g/mol. The highest BCUT2D eigenvalue weighted by Crippen LogP contribution is 2.30. The molecule has 0 N–H and O–H groups in total. The monoisotopic (exact) mass is 381 g/mol. The van der Waals surface area contributed by atoms with Gasteiger partial charge in [0, 0.05) is 0 Å². The summed E-state index contributed by atoms with van der Waals surface area (Å²) in [6.07, 6.45) is 3.66. The van der Waals surface area contributed by atoms with E-state index in [9.17, 15) is 4.79 Å². The van der Waals surface area contributed by atoms with Crippen LogP contribution in [0.5, 0.6) is 17.2 Å². The predicted octanol–water partition coefficient (Wildman–Crippen LogP) is 4.23. The zero-order chi connectivity index (χ0) is 19.9. The number of methoxy groups -OCH3 is 2. The molecule has 1 aliphatic rings. The van der Waals surface area contributed by atoms with Crippen LogP contribution in [0.4, 0.5) is 0 Å². The lowest BCUT2D eigenvalue weighted by atomic mass is 10.1. The highest BCUT2D eigenvalue weighted by molar-refractivity contribution is 6.13. The van der Waals surface area contributed by atoms with Gasteiger partial charge < -0.3 is 18.9 Å². The van der Waals surface area contributed by atoms with Gasteiger partial charge in [-0.15, -0.1) is 0 Å².